The predicted molar refractivity (Wildman–Crippen MR) is 227 cm³/mol. The van der Waals surface area contributed by atoms with Gasteiger partial charge in [0.15, 0.2) is 0 Å². The molecule has 0 amide bonds. The fourth-order valence-corrected chi connectivity index (χ4v) is 10.1. The van der Waals surface area contributed by atoms with E-state index in [4.69, 9.17) is 14.7 Å². The molecule has 0 bridgehead atoms. The second-order valence-electron chi connectivity index (χ2n) is 14.2. The number of nitrogens with zero attached hydrogens (tertiary/aromatic N) is 4. The maximum absolute atomic E-state index is 6.60. The zero-order valence-corrected chi connectivity index (χ0v) is 31.3. The highest BCUT2D eigenvalue weighted by Gasteiger charge is 2.45. The van der Waals surface area contributed by atoms with E-state index in [-0.39, 0.29) is 0 Å². The summed E-state index contributed by atoms with van der Waals surface area (Å²) in [6, 6.07) is 64.0. The molecule has 56 heavy (non-hydrogen) atoms. The summed E-state index contributed by atoms with van der Waals surface area (Å²) in [5.41, 5.74) is 10.4. The van der Waals surface area contributed by atoms with E-state index in [1.807, 2.05) is 48.2 Å². The summed E-state index contributed by atoms with van der Waals surface area (Å²) in [4.78, 5) is 12.8. The lowest BCUT2D eigenvalue weighted by Crippen LogP contribution is -2.34. The van der Waals surface area contributed by atoms with Crippen molar-refractivity contribution < 1.29 is 4.74 Å². The minimum Gasteiger partial charge on any atom is -0.457 e. The molecule has 0 saturated carbocycles. The molecule has 4 heterocycles. The smallest absolute Gasteiger partial charge is 0.146 e. The van der Waals surface area contributed by atoms with Gasteiger partial charge in [0.05, 0.1) is 27.7 Å². The lowest BCUT2D eigenvalue weighted by Gasteiger charge is -2.41. The number of ether oxygens (including phenoxy) is 1. The maximum Gasteiger partial charge on any atom is 0.146 e. The Labute approximate surface area is 328 Å². The van der Waals surface area contributed by atoms with Gasteiger partial charge in [-0.2, -0.15) is 0 Å². The fraction of sp³-hybridized carbons (Fsp3) is 0.0400. The van der Waals surface area contributed by atoms with Crippen LogP contribution in [0.25, 0.3) is 50.0 Å². The van der Waals surface area contributed by atoms with E-state index in [0.29, 0.717) is 0 Å². The van der Waals surface area contributed by atoms with Crippen molar-refractivity contribution in [3.8, 4) is 28.6 Å². The third kappa shape index (κ3) is 4.89. The standard InChI is InChI=1S/C50H34N4OS/c1-53-44-28-12-10-26-42(44)52-48(53)33-16-14-22-37(30-33)55-38-23-15-21-36(31-38)54-43-27-11-8-24-39(43)46-47-41(32-51-49(46)54)50(34-17-4-2-5-18-34,35-19-6-3-7-20-35)40-25-9-13-29-45(40)56-47/h2-32H,1H3. The maximum atomic E-state index is 6.60. The summed E-state index contributed by atoms with van der Waals surface area (Å²) in [5.74, 6) is 2.38. The van der Waals surface area contributed by atoms with Crippen LogP contribution in [0.1, 0.15) is 22.3 Å². The number of benzene rings is 7. The number of para-hydroxylation sites is 3. The summed E-state index contributed by atoms with van der Waals surface area (Å²) in [6.07, 6.45) is 2.13. The molecular formula is C50H34N4OS. The summed E-state index contributed by atoms with van der Waals surface area (Å²) < 4.78 is 11.0. The lowest BCUT2D eigenvalue weighted by atomic mass is 9.65. The molecule has 1 aliphatic heterocycles. The molecule has 7 aromatic carbocycles. The first-order chi connectivity index (χ1) is 27.7. The summed E-state index contributed by atoms with van der Waals surface area (Å²) in [5, 5.41) is 2.31. The molecule has 6 heteroatoms. The molecule has 0 unspecified atom stereocenters. The van der Waals surface area contributed by atoms with E-state index < -0.39 is 5.41 Å². The van der Waals surface area contributed by atoms with Gasteiger partial charge in [-0.25, -0.2) is 9.97 Å². The number of pyridine rings is 1. The Morgan fingerprint density at radius 2 is 1.25 bits per heavy atom. The summed E-state index contributed by atoms with van der Waals surface area (Å²) in [7, 11) is 2.05. The lowest BCUT2D eigenvalue weighted by molar-refractivity contribution is 0.482. The molecule has 0 fully saturated rings. The Bertz CT molecular complexity index is 3070. The highest BCUT2D eigenvalue weighted by Crippen LogP contribution is 2.57. The first kappa shape index (κ1) is 32.5. The van der Waals surface area contributed by atoms with Crippen molar-refractivity contribution >= 4 is 44.7 Å². The van der Waals surface area contributed by atoms with Crippen LogP contribution in [0.4, 0.5) is 0 Å². The molecule has 0 saturated heterocycles. The van der Waals surface area contributed by atoms with Crippen LogP contribution in [0.15, 0.2) is 198 Å². The molecule has 5 nitrogen and oxygen atoms in total. The average Bonchev–Trinajstić information content (AvgIpc) is 3.78. The van der Waals surface area contributed by atoms with E-state index in [1.165, 1.54) is 32.0 Å². The van der Waals surface area contributed by atoms with Gasteiger partial charge in [-0.15, -0.1) is 0 Å². The predicted octanol–water partition coefficient (Wildman–Crippen LogP) is 12.4. The Hall–Kier alpha value is -6.89. The molecule has 0 N–H and O–H groups in total. The quantitative estimate of drug-likeness (QED) is 0.170. The van der Waals surface area contributed by atoms with Crippen molar-refractivity contribution in [2.75, 3.05) is 0 Å². The van der Waals surface area contributed by atoms with Crippen LogP contribution < -0.4 is 4.74 Å². The van der Waals surface area contributed by atoms with Crippen molar-refractivity contribution in [2.24, 2.45) is 7.05 Å². The van der Waals surface area contributed by atoms with Crippen LogP contribution in [0.5, 0.6) is 11.5 Å². The van der Waals surface area contributed by atoms with Crippen molar-refractivity contribution in [1.82, 2.24) is 19.1 Å². The Morgan fingerprint density at radius 3 is 2.04 bits per heavy atom. The zero-order valence-electron chi connectivity index (χ0n) is 30.5. The first-order valence-corrected chi connectivity index (χ1v) is 19.6. The third-order valence-corrected chi connectivity index (χ3v) is 12.4. The van der Waals surface area contributed by atoms with Crippen molar-refractivity contribution in [3.05, 3.63) is 210 Å². The number of aryl methyl sites for hydroxylation is 1. The van der Waals surface area contributed by atoms with E-state index >= 15 is 0 Å². The molecular weight excluding hydrogens is 705 g/mol. The minimum atomic E-state index is -0.561. The molecule has 11 rings (SSSR count). The van der Waals surface area contributed by atoms with Crippen LogP contribution in [0.2, 0.25) is 0 Å². The van der Waals surface area contributed by atoms with Gasteiger partial charge in [0.2, 0.25) is 0 Å². The highest BCUT2D eigenvalue weighted by atomic mass is 32.2. The average molecular weight is 739 g/mol. The van der Waals surface area contributed by atoms with Gasteiger partial charge in [-0.05, 0) is 65.2 Å². The second-order valence-corrected chi connectivity index (χ2v) is 15.3. The molecule has 0 aliphatic carbocycles. The summed E-state index contributed by atoms with van der Waals surface area (Å²) in [6.45, 7) is 0. The molecule has 10 aromatic rings. The summed E-state index contributed by atoms with van der Waals surface area (Å²) >= 11 is 1.85. The van der Waals surface area contributed by atoms with E-state index in [1.54, 1.807) is 0 Å². The van der Waals surface area contributed by atoms with Crippen LogP contribution >= 0.6 is 11.8 Å². The third-order valence-electron chi connectivity index (χ3n) is 11.1. The normalized spacial score (nSPS) is 13.2. The molecule has 0 atom stereocenters. The van der Waals surface area contributed by atoms with Gasteiger partial charge in [0.25, 0.3) is 0 Å². The van der Waals surface area contributed by atoms with Crippen LogP contribution in [0.3, 0.4) is 0 Å². The fourth-order valence-electron chi connectivity index (χ4n) is 8.74. The number of fused-ring (bicyclic) bond motifs is 7. The Balaban J connectivity index is 1.08. The van der Waals surface area contributed by atoms with Gasteiger partial charge >= 0.3 is 0 Å². The van der Waals surface area contributed by atoms with Crippen molar-refractivity contribution in [2.45, 2.75) is 15.2 Å². The molecule has 3 aromatic heterocycles. The van der Waals surface area contributed by atoms with Crippen LogP contribution in [-0.4, -0.2) is 19.1 Å². The Kier molecular flexibility index (Phi) is 7.47. The topological polar surface area (TPSA) is 44.9 Å². The molecule has 0 radical (unpaired) electrons. The largest absolute Gasteiger partial charge is 0.457 e. The zero-order chi connectivity index (χ0) is 37.2. The number of rotatable bonds is 6. The van der Waals surface area contributed by atoms with Crippen LogP contribution in [0, 0.1) is 0 Å². The van der Waals surface area contributed by atoms with Crippen molar-refractivity contribution in [1.29, 1.82) is 0 Å². The van der Waals surface area contributed by atoms with E-state index in [2.05, 4.69) is 168 Å². The SMILES string of the molecule is Cn1c(-c2cccc(Oc3cccc(-n4c5ccccc5c5c6c(cnc54)C(c4ccccc4)(c4ccccc4)c4ccccc4S6)c3)c2)nc2ccccc21. The number of hydrogen-bond acceptors (Lipinski definition) is 4. The highest BCUT2D eigenvalue weighted by molar-refractivity contribution is 7.99. The number of hydrogen-bond donors (Lipinski definition) is 0. The van der Waals surface area contributed by atoms with Gasteiger partial charge in [-0.1, -0.05) is 139 Å². The minimum absolute atomic E-state index is 0.561. The first-order valence-electron chi connectivity index (χ1n) is 18.8. The van der Waals surface area contributed by atoms with Gasteiger partial charge in [0, 0.05) is 51.0 Å². The van der Waals surface area contributed by atoms with E-state index in [9.17, 15) is 0 Å². The second kappa shape index (κ2) is 12.9. The molecule has 0 spiro atoms. The van der Waals surface area contributed by atoms with Gasteiger partial charge in [-0.3, -0.25) is 4.57 Å². The van der Waals surface area contributed by atoms with E-state index in [0.717, 1.165) is 61.5 Å². The number of aromatic nitrogens is 4. The monoisotopic (exact) mass is 738 g/mol. The van der Waals surface area contributed by atoms with Crippen molar-refractivity contribution in [3.63, 3.8) is 0 Å². The van der Waals surface area contributed by atoms with Crippen LogP contribution in [-0.2, 0) is 12.5 Å². The molecule has 266 valence electrons. The van der Waals surface area contributed by atoms with Gasteiger partial charge in [0.1, 0.15) is 23.0 Å². The Morgan fingerprint density at radius 1 is 0.589 bits per heavy atom. The molecule has 1 aliphatic rings. The van der Waals surface area contributed by atoms with Gasteiger partial charge < -0.3 is 9.30 Å². The number of imidazole rings is 1.